The topological polar surface area (TPSA) is 85.0 Å². The van der Waals surface area contributed by atoms with Crippen molar-refractivity contribution in [1.82, 2.24) is 15.1 Å². The second-order valence-corrected chi connectivity index (χ2v) is 11.2. The van der Waals surface area contributed by atoms with Crippen molar-refractivity contribution in [2.75, 3.05) is 62.6 Å². The largest absolute Gasteiger partial charge is 0.368 e. The number of rotatable bonds is 5. The van der Waals surface area contributed by atoms with Crippen LogP contribution in [0.15, 0.2) is 18.2 Å². The summed E-state index contributed by atoms with van der Waals surface area (Å²) in [6.45, 7) is 6.22. The number of hydrogen-bond acceptors (Lipinski definition) is 5. The smallest absolute Gasteiger partial charge is 0.253 e. The van der Waals surface area contributed by atoms with E-state index in [-0.39, 0.29) is 23.7 Å². The van der Waals surface area contributed by atoms with Crippen molar-refractivity contribution in [3.8, 4) is 0 Å². The normalized spacial score (nSPS) is 22.1. The molecule has 1 aromatic carbocycles. The molecule has 2 heterocycles. The Morgan fingerprint density at radius 2 is 1.51 bits per heavy atom. The summed E-state index contributed by atoms with van der Waals surface area (Å²) in [7, 11) is 0. The van der Waals surface area contributed by atoms with Crippen LogP contribution in [0.2, 0.25) is 0 Å². The first-order valence-corrected chi connectivity index (χ1v) is 14.6. The van der Waals surface area contributed by atoms with Gasteiger partial charge in [-0.1, -0.05) is 25.7 Å². The minimum absolute atomic E-state index is 0.0246. The van der Waals surface area contributed by atoms with E-state index >= 15 is 0 Å². The highest BCUT2D eigenvalue weighted by Gasteiger charge is 2.31. The summed E-state index contributed by atoms with van der Waals surface area (Å²) in [4.78, 5) is 45.7. The average molecular weight is 510 g/mol. The molecule has 4 fully saturated rings. The third-order valence-corrected chi connectivity index (χ3v) is 8.71. The molecular formula is C29H43N5O3. The van der Waals surface area contributed by atoms with Gasteiger partial charge in [0.2, 0.25) is 11.8 Å². The van der Waals surface area contributed by atoms with Crippen molar-refractivity contribution in [3.63, 3.8) is 0 Å². The molecule has 4 aliphatic rings. The van der Waals surface area contributed by atoms with Gasteiger partial charge in [-0.05, 0) is 63.3 Å². The van der Waals surface area contributed by atoms with Crippen LogP contribution >= 0.6 is 0 Å². The Balaban J connectivity index is 1.35. The molecule has 37 heavy (non-hydrogen) atoms. The van der Waals surface area contributed by atoms with E-state index in [4.69, 9.17) is 0 Å². The van der Waals surface area contributed by atoms with Crippen LogP contribution < -0.4 is 15.5 Å². The standard InChI is InChI=1S/C29H43N5O3/c35-27(22-7-2-1-3-8-22)31-25-21-24(29(37)33-15-5-13-30-14-18-33)11-12-26(25)32-16-6-17-34(20-19-32)28(36)23-9-4-10-23/h11-12,21-23,30H,1-10,13-20H2,(H,31,35). The lowest BCUT2D eigenvalue weighted by Gasteiger charge is -2.31. The van der Waals surface area contributed by atoms with Crippen molar-refractivity contribution in [2.45, 2.75) is 64.2 Å². The first kappa shape index (κ1) is 26.0. The fourth-order valence-electron chi connectivity index (χ4n) is 6.17. The van der Waals surface area contributed by atoms with Crippen molar-refractivity contribution >= 4 is 29.1 Å². The molecule has 0 aromatic heterocycles. The third kappa shape index (κ3) is 6.28. The van der Waals surface area contributed by atoms with Gasteiger partial charge in [-0.2, -0.15) is 0 Å². The molecular weight excluding hydrogens is 466 g/mol. The van der Waals surface area contributed by atoms with Crippen molar-refractivity contribution in [3.05, 3.63) is 23.8 Å². The van der Waals surface area contributed by atoms with E-state index in [0.29, 0.717) is 24.6 Å². The summed E-state index contributed by atoms with van der Waals surface area (Å²) in [6.07, 6.45) is 10.3. The number of anilines is 2. The van der Waals surface area contributed by atoms with Gasteiger partial charge in [0.25, 0.3) is 5.91 Å². The van der Waals surface area contributed by atoms with Crippen molar-refractivity contribution < 1.29 is 14.4 Å². The van der Waals surface area contributed by atoms with Gasteiger partial charge in [0, 0.05) is 63.2 Å². The predicted molar refractivity (Wildman–Crippen MR) is 146 cm³/mol. The molecule has 1 aromatic rings. The number of benzene rings is 1. The summed E-state index contributed by atoms with van der Waals surface area (Å²) in [5, 5.41) is 6.59. The first-order chi connectivity index (χ1) is 18.1. The summed E-state index contributed by atoms with van der Waals surface area (Å²) in [5.74, 6) is 0.665. The maximum absolute atomic E-state index is 13.4. The molecule has 8 heteroatoms. The zero-order valence-electron chi connectivity index (χ0n) is 22.2. The highest BCUT2D eigenvalue weighted by atomic mass is 16.2. The third-order valence-electron chi connectivity index (χ3n) is 8.71. The monoisotopic (exact) mass is 509 g/mol. The summed E-state index contributed by atoms with van der Waals surface area (Å²) in [5.41, 5.74) is 2.31. The van der Waals surface area contributed by atoms with E-state index in [2.05, 4.69) is 15.5 Å². The number of hydrogen-bond donors (Lipinski definition) is 2. The van der Waals surface area contributed by atoms with Gasteiger partial charge < -0.3 is 25.3 Å². The van der Waals surface area contributed by atoms with Crippen LogP contribution in [0.3, 0.4) is 0 Å². The molecule has 0 atom stereocenters. The van der Waals surface area contributed by atoms with E-state index in [1.807, 2.05) is 28.0 Å². The lowest BCUT2D eigenvalue weighted by molar-refractivity contribution is -0.137. The second kappa shape index (κ2) is 12.3. The maximum atomic E-state index is 13.4. The highest BCUT2D eigenvalue weighted by Crippen LogP contribution is 2.33. The van der Waals surface area contributed by atoms with Gasteiger partial charge in [0.05, 0.1) is 11.4 Å². The van der Waals surface area contributed by atoms with Gasteiger partial charge in [0.1, 0.15) is 0 Å². The molecule has 5 rings (SSSR count). The molecule has 2 saturated heterocycles. The molecule has 2 saturated carbocycles. The fraction of sp³-hybridized carbons (Fsp3) is 0.690. The Morgan fingerprint density at radius 1 is 0.730 bits per heavy atom. The lowest BCUT2D eigenvalue weighted by atomic mass is 9.84. The molecule has 0 radical (unpaired) electrons. The van der Waals surface area contributed by atoms with Crippen LogP contribution in [0.1, 0.15) is 74.6 Å². The highest BCUT2D eigenvalue weighted by molar-refractivity contribution is 6.00. The molecule has 2 N–H and O–H groups in total. The van der Waals surface area contributed by atoms with Gasteiger partial charge in [0.15, 0.2) is 0 Å². The van der Waals surface area contributed by atoms with E-state index in [1.165, 1.54) is 12.8 Å². The van der Waals surface area contributed by atoms with Crippen LogP contribution in [-0.2, 0) is 9.59 Å². The average Bonchev–Trinajstić information content (AvgIpc) is 3.31. The van der Waals surface area contributed by atoms with E-state index in [9.17, 15) is 14.4 Å². The molecule has 2 aliphatic carbocycles. The quantitative estimate of drug-likeness (QED) is 0.635. The first-order valence-electron chi connectivity index (χ1n) is 14.6. The molecule has 0 spiro atoms. The lowest BCUT2D eigenvalue weighted by Crippen LogP contribution is -2.41. The summed E-state index contributed by atoms with van der Waals surface area (Å²) >= 11 is 0. The minimum Gasteiger partial charge on any atom is -0.368 e. The van der Waals surface area contributed by atoms with E-state index in [0.717, 1.165) is 102 Å². The molecule has 3 amide bonds. The zero-order valence-corrected chi connectivity index (χ0v) is 22.2. The van der Waals surface area contributed by atoms with Crippen molar-refractivity contribution in [2.24, 2.45) is 11.8 Å². The number of nitrogens with zero attached hydrogens (tertiary/aromatic N) is 3. The van der Waals surface area contributed by atoms with Crippen LogP contribution in [0, 0.1) is 11.8 Å². The van der Waals surface area contributed by atoms with Gasteiger partial charge in [-0.25, -0.2) is 0 Å². The molecule has 0 unspecified atom stereocenters. The Hall–Kier alpha value is -2.61. The second-order valence-electron chi connectivity index (χ2n) is 11.2. The maximum Gasteiger partial charge on any atom is 0.253 e. The van der Waals surface area contributed by atoms with Gasteiger partial charge in [-0.15, -0.1) is 0 Å². The Bertz CT molecular complexity index is 964. The fourth-order valence-corrected chi connectivity index (χ4v) is 6.17. The minimum atomic E-state index is 0.0246. The number of carbonyl (C=O) groups is 3. The van der Waals surface area contributed by atoms with Crippen LogP contribution in [0.4, 0.5) is 11.4 Å². The van der Waals surface area contributed by atoms with Crippen LogP contribution in [-0.4, -0.2) is 79.9 Å². The summed E-state index contributed by atoms with van der Waals surface area (Å²) < 4.78 is 0. The van der Waals surface area contributed by atoms with Crippen LogP contribution in [0.25, 0.3) is 0 Å². The van der Waals surface area contributed by atoms with E-state index in [1.54, 1.807) is 0 Å². The predicted octanol–water partition coefficient (Wildman–Crippen LogP) is 3.48. The zero-order chi connectivity index (χ0) is 25.6. The molecule has 0 bridgehead atoms. The Morgan fingerprint density at radius 3 is 2.30 bits per heavy atom. The van der Waals surface area contributed by atoms with Gasteiger partial charge in [-0.3, -0.25) is 14.4 Å². The molecule has 8 nitrogen and oxygen atoms in total. The molecule has 202 valence electrons. The van der Waals surface area contributed by atoms with Crippen LogP contribution in [0.5, 0.6) is 0 Å². The van der Waals surface area contributed by atoms with Gasteiger partial charge >= 0.3 is 0 Å². The van der Waals surface area contributed by atoms with E-state index < -0.39 is 0 Å². The Labute approximate surface area is 221 Å². The SMILES string of the molecule is O=C(Nc1cc(C(=O)N2CCCNCC2)ccc1N1CCCN(C(=O)C2CCC2)CC1)C1CCCCC1. The Kier molecular flexibility index (Phi) is 8.64. The number of amides is 3. The number of carbonyl (C=O) groups excluding carboxylic acids is 3. The van der Waals surface area contributed by atoms with Crippen molar-refractivity contribution in [1.29, 1.82) is 0 Å². The number of nitrogens with one attached hydrogen (secondary N) is 2. The summed E-state index contributed by atoms with van der Waals surface area (Å²) in [6, 6.07) is 5.80. The molecule has 2 aliphatic heterocycles.